The zero-order valence-corrected chi connectivity index (χ0v) is 13.1. The van der Waals surface area contributed by atoms with Gasteiger partial charge in [0.15, 0.2) is 0 Å². The summed E-state index contributed by atoms with van der Waals surface area (Å²) in [5, 5.41) is 0. The van der Waals surface area contributed by atoms with Gasteiger partial charge in [0, 0.05) is 32.3 Å². The first-order chi connectivity index (χ1) is 9.08. The zero-order valence-electron chi connectivity index (χ0n) is 10.7. The molecule has 2 aromatic carbocycles. The Morgan fingerprint density at radius 2 is 1.84 bits per heavy atom. The van der Waals surface area contributed by atoms with Crippen LogP contribution in [0.1, 0.15) is 16.7 Å². The predicted molar refractivity (Wildman–Crippen MR) is 85.3 cm³/mol. The van der Waals surface area contributed by atoms with Gasteiger partial charge in [-0.2, -0.15) is 0 Å². The molecule has 19 heavy (non-hydrogen) atoms. The third kappa shape index (κ3) is 3.67. The molecule has 0 aliphatic carbocycles. The number of aryl methyl sites for hydroxylation is 1. The average Bonchev–Trinajstić information content (AvgIpc) is 2.37. The van der Waals surface area contributed by atoms with Crippen LogP contribution in [0.3, 0.4) is 0 Å². The number of nitrogen functional groups attached to an aromatic ring is 1. The van der Waals surface area contributed by atoms with Crippen LogP contribution >= 0.6 is 15.9 Å². The quantitative estimate of drug-likeness (QED) is 0.862. The van der Waals surface area contributed by atoms with E-state index >= 15 is 0 Å². The van der Waals surface area contributed by atoms with Crippen LogP contribution < -0.4 is 5.73 Å². The SMILES string of the molecule is Cc1ccccc1CS(=O)Cc1c(N)cccc1Br. The Morgan fingerprint density at radius 1 is 1.11 bits per heavy atom. The second-order valence-corrected chi connectivity index (χ2v) is 6.77. The molecule has 1 unspecified atom stereocenters. The third-order valence-corrected chi connectivity index (χ3v) is 5.02. The lowest BCUT2D eigenvalue weighted by Gasteiger charge is -2.09. The van der Waals surface area contributed by atoms with E-state index in [1.165, 1.54) is 5.56 Å². The van der Waals surface area contributed by atoms with Crippen molar-refractivity contribution < 1.29 is 4.21 Å². The molecule has 4 heteroatoms. The molecule has 0 radical (unpaired) electrons. The van der Waals surface area contributed by atoms with Crippen LogP contribution in [0.5, 0.6) is 0 Å². The molecule has 0 saturated heterocycles. The van der Waals surface area contributed by atoms with E-state index in [9.17, 15) is 4.21 Å². The van der Waals surface area contributed by atoms with Crippen molar-refractivity contribution in [3.8, 4) is 0 Å². The molecule has 0 aromatic heterocycles. The van der Waals surface area contributed by atoms with Crippen molar-refractivity contribution in [2.45, 2.75) is 18.4 Å². The lowest BCUT2D eigenvalue weighted by molar-refractivity contribution is 0.682. The van der Waals surface area contributed by atoms with Gasteiger partial charge in [-0.3, -0.25) is 4.21 Å². The molecule has 2 rings (SSSR count). The molecule has 100 valence electrons. The van der Waals surface area contributed by atoms with Gasteiger partial charge in [-0.1, -0.05) is 46.3 Å². The van der Waals surface area contributed by atoms with Gasteiger partial charge in [-0.05, 0) is 30.2 Å². The summed E-state index contributed by atoms with van der Waals surface area (Å²) in [6, 6.07) is 13.7. The molecular formula is C15H16BrNOS. The average molecular weight is 338 g/mol. The van der Waals surface area contributed by atoms with Crippen molar-refractivity contribution in [2.75, 3.05) is 5.73 Å². The summed E-state index contributed by atoms with van der Waals surface area (Å²) in [5.41, 5.74) is 9.85. The van der Waals surface area contributed by atoms with Crippen LogP contribution in [0.4, 0.5) is 5.69 Å². The molecule has 0 spiro atoms. The normalized spacial score (nSPS) is 12.3. The highest BCUT2D eigenvalue weighted by atomic mass is 79.9. The van der Waals surface area contributed by atoms with Gasteiger partial charge in [-0.25, -0.2) is 0 Å². The number of hydrogen-bond acceptors (Lipinski definition) is 2. The molecule has 2 nitrogen and oxygen atoms in total. The van der Waals surface area contributed by atoms with Crippen LogP contribution in [0.15, 0.2) is 46.9 Å². The Hall–Kier alpha value is -1.13. The largest absolute Gasteiger partial charge is 0.398 e. The highest BCUT2D eigenvalue weighted by molar-refractivity contribution is 9.10. The number of halogens is 1. The second kappa shape index (κ2) is 6.35. The Balaban J connectivity index is 2.12. The third-order valence-electron chi connectivity index (χ3n) is 3.04. The maximum atomic E-state index is 12.3. The van der Waals surface area contributed by atoms with E-state index in [0.29, 0.717) is 17.2 Å². The van der Waals surface area contributed by atoms with Crippen LogP contribution in [-0.2, 0) is 22.3 Å². The maximum Gasteiger partial charge on any atom is 0.0520 e. The van der Waals surface area contributed by atoms with Gasteiger partial charge in [-0.15, -0.1) is 0 Å². The number of hydrogen-bond donors (Lipinski definition) is 1. The lowest BCUT2D eigenvalue weighted by Crippen LogP contribution is -2.04. The zero-order chi connectivity index (χ0) is 13.8. The van der Waals surface area contributed by atoms with Crippen LogP contribution in [0.25, 0.3) is 0 Å². The van der Waals surface area contributed by atoms with E-state index in [1.54, 1.807) is 0 Å². The van der Waals surface area contributed by atoms with Crippen molar-refractivity contribution >= 4 is 32.4 Å². The minimum atomic E-state index is -0.963. The van der Waals surface area contributed by atoms with Crippen LogP contribution in [0.2, 0.25) is 0 Å². The highest BCUT2D eigenvalue weighted by Crippen LogP contribution is 2.24. The van der Waals surface area contributed by atoms with Crippen molar-refractivity contribution in [1.82, 2.24) is 0 Å². The first kappa shape index (κ1) is 14.3. The van der Waals surface area contributed by atoms with Gasteiger partial charge in [0.25, 0.3) is 0 Å². The number of rotatable bonds is 4. The molecule has 2 aromatic rings. The molecule has 0 fully saturated rings. The molecule has 0 bridgehead atoms. The molecule has 0 amide bonds. The first-order valence-corrected chi connectivity index (χ1v) is 8.28. The molecular weight excluding hydrogens is 322 g/mol. The number of anilines is 1. The summed E-state index contributed by atoms with van der Waals surface area (Å²) in [6.45, 7) is 2.04. The fraction of sp³-hybridized carbons (Fsp3) is 0.200. The molecule has 0 aliphatic heterocycles. The van der Waals surface area contributed by atoms with E-state index < -0.39 is 10.8 Å². The summed E-state index contributed by atoms with van der Waals surface area (Å²) in [4.78, 5) is 0. The van der Waals surface area contributed by atoms with E-state index in [4.69, 9.17) is 5.73 Å². The summed E-state index contributed by atoms with van der Waals surface area (Å²) in [5.74, 6) is 1.04. The topological polar surface area (TPSA) is 43.1 Å². The Bertz CT molecular complexity index is 593. The molecule has 0 heterocycles. The van der Waals surface area contributed by atoms with Crippen LogP contribution in [-0.4, -0.2) is 4.21 Å². The highest BCUT2D eigenvalue weighted by Gasteiger charge is 2.10. The van der Waals surface area contributed by atoms with Crippen LogP contribution in [0, 0.1) is 6.92 Å². The first-order valence-electron chi connectivity index (χ1n) is 6.00. The summed E-state index contributed by atoms with van der Waals surface area (Å²) in [7, 11) is -0.963. The predicted octanol–water partition coefficient (Wildman–Crippen LogP) is 3.79. The van der Waals surface area contributed by atoms with Crippen molar-refractivity contribution in [3.63, 3.8) is 0 Å². The molecule has 0 saturated carbocycles. The van der Waals surface area contributed by atoms with Gasteiger partial charge in [0.2, 0.25) is 0 Å². The minimum absolute atomic E-state index is 0.474. The smallest absolute Gasteiger partial charge is 0.0520 e. The fourth-order valence-corrected chi connectivity index (χ4v) is 4.01. The number of nitrogens with two attached hydrogens (primary N) is 1. The van der Waals surface area contributed by atoms with Gasteiger partial charge < -0.3 is 5.73 Å². The summed E-state index contributed by atoms with van der Waals surface area (Å²) in [6.07, 6.45) is 0. The van der Waals surface area contributed by atoms with Crippen molar-refractivity contribution in [1.29, 1.82) is 0 Å². The summed E-state index contributed by atoms with van der Waals surface area (Å²) >= 11 is 3.46. The van der Waals surface area contributed by atoms with Gasteiger partial charge >= 0.3 is 0 Å². The molecule has 1 atom stereocenters. The maximum absolute atomic E-state index is 12.3. The Morgan fingerprint density at radius 3 is 2.53 bits per heavy atom. The molecule has 0 aliphatic rings. The monoisotopic (exact) mass is 337 g/mol. The van der Waals surface area contributed by atoms with Crippen molar-refractivity contribution in [2.24, 2.45) is 0 Å². The van der Waals surface area contributed by atoms with Gasteiger partial charge in [0.05, 0.1) is 5.75 Å². The fourth-order valence-electron chi connectivity index (χ4n) is 1.89. The van der Waals surface area contributed by atoms with Gasteiger partial charge in [0.1, 0.15) is 0 Å². The minimum Gasteiger partial charge on any atom is -0.398 e. The summed E-state index contributed by atoms with van der Waals surface area (Å²) < 4.78 is 13.2. The van der Waals surface area contributed by atoms with E-state index in [0.717, 1.165) is 15.6 Å². The van der Waals surface area contributed by atoms with E-state index in [1.807, 2.05) is 49.4 Å². The van der Waals surface area contributed by atoms with Crippen molar-refractivity contribution in [3.05, 3.63) is 63.6 Å². The van der Waals surface area contributed by atoms with E-state index in [-0.39, 0.29) is 0 Å². The standard InChI is InChI=1S/C15H16BrNOS/c1-11-5-2-3-6-12(11)9-19(18)10-13-14(16)7-4-8-15(13)17/h2-8H,9-10,17H2,1H3. The number of benzene rings is 2. The Kier molecular flexibility index (Phi) is 4.77. The second-order valence-electron chi connectivity index (χ2n) is 4.46. The molecule has 2 N–H and O–H groups in total. The lowest BCUT2D eigenvalue weighted by atomic mass is 10.1. The Labute approximate surface area is 124 Å². The van der Waals surface area contributed by atoms with E-state index in [2.05, 4.69) is 15.9 Å².